The number of hydrogen-bond donors (Lipinski definition) is 2. The molecular formula is C17H21NO2S. The zero-order valence-corrected chi connectivity index (χ0v) is 13.2. The Kier molecular flexibility index (Phi) is 5.53. The predicted molar refractivity (Wildman–Crippen MR) is 86.7 cm³/mol. The summed E-state index contributed by atoms with van der Waals surface area (Å²) >= 11 is 1.79. The Hall–Kier alpha value is -1.65. The molecule has 0 saturated heterocycles. The van der Waals surface area contributed by atoms with Gasteiger partial charge in [0.05, 0.1) is 5.92 Å². The molecule has 0 radical (unpaired) electrons. The van der Waals surface area contributed by atoms with E-state index in [1.807, 2.05) is 24.3 Å². The fraction of sp³-hybridized carbons (Fsp3) is 0.353. The van der Waals surface area contributed by atoms with Gasteiger partial charge in [0, 0.05) is 18.0 Å². The van der Waals surface area contributed by atoms with E-state index in [1.54, 1.807) is 18.3 Å². The van der Waals surface area contributed by atoms with E-state index in [9.17, 15) is 4.79 Å². The van der Waals surface area contributed by atoms with E-state index in [1.165, 1.54) is 16.0 Å². The molecule has 2 N–H and O–H groups in total. The average molecular weight is 303 g/mol. The summed E-state index contributed by atoms with van der Waals surface area (Å²) in [6.45, 7) is 5.56. The Morgan fingerprint density at radius 2 is 1.95 bits per heavy atom. The fourth-order valence-electron chi connectivity index (χ4n) is 2.22. The Bertz CT molecular complexity index is 589. The van der Waals surface area contributed by atoms with Crippen LogP contribution >= 0.6 is 11.3 Å². The number of benzene rings is 1. The summed E-state index contributed by atoms with van der Waals surface area (Å²) in [6.07, 6.45) is 1.07. The molecule has 0 fully saturated rings. The van der Waals surface area contributed by atoms with Gasteiger partial charge in [-0.05, 0) is 41.5 Å². The van der Waals surface area contributed by atoms with Crippen LogP contribution in [0.25, 0.3) is 0 Å². The third-order valence-electron chi connectivity index (χ3n) is 3.68. The summed E-state index contributed by atoms with van der Waals surface area (Å²) in [5, 5.41) is 14.6. The Balaban J connectivity index is 1.88. The lowest BCUT2D eigenvalue weighted by molar-refractivity contribution is -0.138. The molecule has 2 rings (SSSR count). The maximum absolute atomic E-state index is 10.9. The first-order chi connectivity index (χ1) is 10.1. The molecule has 0 saturated carbocycles. The molecule has 0 aliphatic rings. The Morgan fingerprint density at radius 3 is 2.57 bits per heavy atom. The fourth-order valence-corrected chi connectivity index (χ4v) is 3.17. The maximum Gasteiger partial charge on any atom is 0.310 e. The van der Waals surface area contributed by atoms with E-state index in [2.05, 4.69) is 23.7 Å². The van der Waals surface area contributed by atoms with Gasteiger partial charge in [-0.1, -0.05) is 31.2 Å². The number of nitrogens with one attached hydrogen (secondary N) is 1. The molecule has 1 aromatic carbocycles. The van der Waals surface area contributed by atoms with Crippen molar-refractivity contribution in [1.29, 1.82) is 0 Å². The van der Waals surface area contributed by atoms with Crippen molar-refractivity contribution in [2.24, 2.45) is 0 Å². The van der Waals surface area contributed by atoms with Crippen LogP contribution in [-0.4, -0.2) is 11.1 Å². The van der Waals surface area contributed by atoms with Crippen molar-refractivity contribution in [3.8, 4) is 0 Å². The molecule has 112 valence electrons. The molecule has 1 heterocycles. The summed E-state index contributed by atoms with van der Waals surface area (Å²) in [5.41, 5.74) is 3.43. The monoisotopic (exact) mass is 303 g/mol. The highest BCUT2D eigenvalue weighted by Crippen LogP contribution is 2.18. The summed E-state index contributed by atoms with van der Waals surface area (Å²) in [6, 6.07) is 9.98. The van der Waals surface area contributed by atoms with Gasteiger partial charge in [0.15, 0.2) is 0 Å². The van der Waals surface area contributed by atoms with Crippen molar-refractivity contribution in [3.63, 3.8) is 0 Å². The largest absolute Gasteiger partial charge is 0.481 e. The van der Waals surface area contributed by atoms with E-state index < -0.39 is 11.9 Å². The zero-order valence-electron chi connectivity index (χ0n) is 12.4. The molecule has 21 heavy (non-hydrogen) atoms. The Morgan fingerprint density at radius 1 is 1.24 bits per heavy atom. The molecular weight excluding hydrogens is 282 g/mol. The van der Waals surface area contributed by atoms with Crippen molar-refractivity contribution >= 4 is 17.3 Å². The second kappa shape index (κ2) is 7.38. The summed E-state index contributed by atoms with van der Waals surface area (Å²) in [7, 11) is 0. The van der Waals surface area contributed by atoms with E-state index in [0.29, 0.717) is 0 Å². The number of hydrogen-bond acceptors (Lipinski definition) is 3. The van der Waals surface area contributed by atoms with Gasteiger partial charge < -0.3 is 10.4 Å². The maximum atomic E-state index is 10.9. The van der Waals surface area contributed by atoms with Crippen molar-refractivity contribution in [2.45, 2.75) is 39.3 Å². The molecule has 4 heteroatoms. The van der Waals surface area contributed by atoms with Crippen LogP contribution in [0.4, 0.5) is 0 Å². The van der Waals surface area contributed by atoms with E-state index >= 15 is 0 Å². The summed E-state index contributed by atoms with van der Waals surface area (Å²) in [5.74, 6) is -1.24. The summed E-state index contributed by atoms with van der Waals surface area (Å²) < 4.78 is 0. The van der Waals surface area contributed by atoms with Gasteiger partial charge in [-0.2, -0.15) is 0 Å². The standard InChI is InChI=1S/C17H21NO2S/c1-3-14-8-9-21-16(14)11-18-10-13-4-6-15(7-5-13)12(2)17(19)20/h4-9,12,18H,3,10-11H2,1-2H3,(H,19,20). The highest BCUT2D eigenvalue weighted by molar-refractivity contribution is 7.10. The van der Waals surface area contributed by atoms with E-state index in [0.717, 1.165) is 25.1 Å². The lowest BCUT2D eigenvalue weighted by Gasteiger charge is -2.09. The number of aliphatic carboxylic acids is 1. The van der Waals surface area contributed by atoms with Crippen molar-refractivity contribution in [3.05, 3.63) is 57.3 Å². The zero-order chi connectivity index (χ0) is 15.2. The van der Waals surface area contributed by atoms with Crippen molar-refractivity contribution in [1.82, 2.24) is 5.32 Å². The first kappa shape index (κ1) is 15.7. The van der Waals surface area contributed by atoms with E-state index in [4.69, 9.17) is 5.11 Å². The second-order valence-corrected chi connectivity index (χ2v) is 6.13. The van der Waals surface area contributed by atoms with Gasteiger partial charge in [0.2, 0.25) is 0 Å². The lowest BCUT2D eigenvalue weighted by atomic mass is 10.00. The number of carboxylic acid groups (broad SMARTS) is 1. The number of rotatable bonds is 7. The minimum absolute atomic E-state index is 0.453. The number of carbonyl (C=O) groups is 1. The van der Waals surface area contributed by atoms with Gasteiger partial charge in [0.1, 0.15) is 0 Å². The summed E-state index contributed by atoms with van der Waals surface area (Å²) in [4.78, 5) is 12.3. The molecule has 1 unspecified atom stereocenters. The number of aryl methyl sites for hydroxylation is 1. The van der Waals surface area contributed by atoms with Crippen molar-refractivity contribution < 1.29 is 9.90 Å². The highest BCUT2D eigenvalue weighted by Gasteiger charge is 2.12. The molecule has 1 aromatic heterocycles. The van der Waals surface area contributed by atoms with Crippen LogP contribution in [0.3, 0.4) is 0 Å². The molecule has 0 aliphatic heterocycles. The normalized spacial score (nSPS) is 12.3. The number of carboxylic acids is 1. The quantitative estimate of drug-likeness (QED) is 0.818. The Labute approximate surface area is 129 Å². The second-order valence-electron chi connectivity index (χ2n) is 5.13. The first-order valence-electron chi connectivity index (χ1n) is 7.19. The molecule has 0 amide bonds. The van der Waals surface area contributed by atoms with Gasteiger partial charge in [-0.3, -0.25) is 4.79 Å². The average Bonchev–Trinajstić information content (AvgIpc) is 2.94. The number of thiophene rings is 1. The molecule has 2 aromatic rings. The third-order valence-corrected chi connectivity index (χ3v) is 4.65. The third kappa shape index (κ3) is 4.16. The molecule has 3 nitrogen and oxygen atoms in total. The van der Waals surface area contributed by atoms with E-state index in [-0.39, 0.29) is 0 Å². The molecule has 0 spiro atoms. The van der Waals surface area contributed by atoms with Crippen LogP contribution in [0.15, 0.2) is 35.7 Å². The first-order valence-corrected chi connectivity index (χ1v) is 8.07. The van der Waals surface area contributed by atoms with Crippen LogP contribution in [-0.2, 0) is 24.3 Å². The van der Waals surface area contributed by atoms with Gasteiger partial charge in [0.25, 0.3) is 0 Å². The molecule has 1 atom stereocenters. The lowest BCUT2D eigenvalue weighted by Crippen LogP contribution is -2.13. The topological polar surface area (TPSA) is 49.3 Å². The highest BCUT2D eigenvalue weighted by atomic mass is 32.1. The molecule has 0 aliphatic carbocycles. The smallest absolute Gasteiger partial charge is 0.310 e. The minimum Gasteiger partial charge on any atom is -0.481 e. The SMILES string of the molecule is CCc1ccsc1CNCc1ccc(C(C)C(=O)O)cc1. The van der Waals surface area contributed by atoms with Gasteiger partial charge >= 0.3 is 5.97 Å². The van der Waals surface area contributed by atoms with Crippen molar-refractivity contribution in [2.75, 3.05) is 0 Å². The van der Waals surface area contributed by atoms with Crippen LogP contribution in [0, 0.1) is 0 Å². The minimum atomic E-state index is -0.786. The van der Waals surface area contributed by atoms with Gasteiger partial charge in [-0.25, -0.2) is 0 Å². The van der Waals surface area contributed by atoms with Crippen LogP contribution in [0.1, 0.15) is 41.3 Å². The van der Waals surface area contributed by atoms with Crippen LogP contribution < -0.4 is 5.32 Å². The predicted octanol–water partition coefficient (Wildman–Crippen LogP) is 3.79. The van der Waals surface area contributed by atoms with Crippen LogP contribution in [0.2, 0.25) is 0 Å². The van der Waals surface area contributed by atoms with Gasteiger partial charge in [-0.15, -0.1) is 11.3 Å². The van der Waals surface area contributed by atoms with Crippen LogP contribution in [0.5, 0.6) is 0 Å². The molecule has 0 bridgehead atoms.